The van der Waals surface area contributed by atoms with Crippen LogP contribution >= 0.6 is 27.3 Å². The highest BCUT2D eigenvalue weighted by Crippen LogP contribution is 2.31. The highest BCUT2D eigenvalue weighted by Gasteiger charge is 2.14. The van der Waals surface area contributed by atoms with Crippen LogP contribution in [0.1, 0.15) is 15.2 Å². The zero-order valence-electron chi connectivity index (χ0n) is 14.1. The van der Waals surface area contributed by atoms with E-state index < -0.39 is 0 Å². The molecule has 1 N–H and O–H groups in total. The lowest BCUT2D eigenvalue weighted by Crippen LogP contribution is -2.12. The van der Waals surface area contributed by atoms with Crippen LogP contribution in [-0.4, -0.2) is 30.6 Å². The Kier molecular flexibility index (Phi) is 4.78. The number of carbonyl (C=O) groups excluding carboxylic acids is 1. The molecule has 0 unspecified atom stereocenters. The number of aryl methyl sites for hydroxylation is 1. The Labute approximate surface area is 167 Å². The lowest BCUT2D eigenvalue weighted by molar-refractivity contribution is 0.102. The second kappa shape index (κ2) is 7.37. The third-order valence-corrected chi connectivity index (χ3v) is 5.21. The molecule has 1 amide bonds. The predicted molar refractivity (Wildman–Crippen MR) is 107 cm³/mol. The van der Waals surface area contributed by atoms with Crippen molar-refractivity contribution in [1.29, 1.82) is 0 Å². The number of nitrogens with zero attached hydrogens (tertiary/aromatic N) is 5. The Bertz CT molecular complexity index is 1070. The van der Waals surface area contributed by atoms with E-state index in [0.717, 1.165) is 20.6 Å². The van der Waals surface area contributed by atoms with Crippen LogP contribution in [0.4, 0.5) is 5.13 Å². The third-order valence-electron chi connectivity index (χ3n) is 3.80. The number of hydrogen-bond acceptors (Lipinski definition) is 6. The lowest BCUT2D eigenvalue weighted by Gasteiger charge is -2.03. The van der Waals surface area contributed by atoms with Crippen molar-refractivity contribution in [3.8, 4) is 17.1 Å². The minimum absolute atomic E-state index is 0.260. The van der Waals surface area contributed by atoms with E-state index >= 15 is 0 Å². The highest BCUT2D eigenvalue weighted by molar-refractivity contribution is 9.10. The fourth-order valence-corrected chi connectivity index (χ4v) is 3.57. The molecule has 0 saturated carbocycles. The number of hydrogen-bond donors (Lipinski definition) is 1. The maximum absolute atomic E-state index is 12.5. The molecule has 0 saturated heterocycles. The molecule has 0 atom stereocenters. The van der Waals surface area contributed by atoms with E-state index in [2.05, 4.69) is 41.3 Å². The predicted octanol–water partition coefficient (Wildman–Crippen LogP) is 4.11. The van der Waals surface area contributed by atoms with Crippen molar-refractivity contribution in [2.75, 3.05) is 5.32 Å². The van der Waals surface area contributed by atoms with Gasteiger partial charge in [0.25, 0.3) is 5.91 Å². The number of nitrogens with one attached hydrogen (secondary N) is 1. The highest BCUT2D eigenvalue weighted by atomic mass is 79.9. The molecule has 9 heteroatoms. The lowest BCUT2D eigenvalue weighted by atomic mass is 10.1. The summed E-state index contributed by atoms with van der Waals surface area (Å²) in [5.41, 5.74) is 2.31. The number of benzene rings is 1. The van der Waals surface area contributed by atoms with Gasteiger partial charge in [0, 0.05) is 21.1 Å². The average Bonchev–Trinajstić information content (AvgIpc) is 3.33. The molecule has 0 bridgehead atoms. The van der Waals surface area contributed by atoms with Crippen LogP contribution in [-0.2, 0) is 0 Å². The van der Waals surface area contributed by atoms with Crippen LogP contribution in [0.3, 0.4) is 0 Å². The molecule has 1 aromatic carbocycles. The van der Waals surface area contributed by atoms with Gasteiger partial charge in [-0.1, -0.05) is 28.1 Å². The van der Waals surface area contributed by atoms with Crippen LogP contribution in [0.25, 0.3) is 17.1 Å². The first-order valence-electron chi connectivity index (χ1n) is 7.96. The molecule has 0 radical (unpaired) electrons. The summed E-state index contributed by atoms with van der Waals surface area (Å²) in [4.78, 5) is 26.2. The summed E-state index contributed by atoms with van der Waals surface area (Å²) in [6.45, 7) is 1.99. The van der Waals surface area contributed by atoms with Crippen molar-refractivity contribution in [3.05, 3.63) is 70.2 Å². The number of rotatable bonds is 4. The maximum atomic E-state index is 12.5. The van der Waals surface area contributed by atoms with Crippen molar-refractivity contribution < 1.29 is 4.79 Å². The summed E-state index contributed by atoms with van der Waals surface area (Å²) in [5, 5.41) is 7.40. The van der Waals surface area contributed by atoms with E-state index in [1.165, 1.54) is 28.5 Å². The molecule has 0 aliphatic rings. The first-order valence-corrected chi connectivity index (χ1v) is 9.57. The Balaban J connectivity index is 1.51. The van der Waals surface area contributed by atoms with Gasteiger partial charge >= 0.3 is 0 Å². The van der Waals surface area contributed by atoms with Crippen molar-refractivity contribution >= 4 is 38.3 Å². The van der Waals surface area contributed by atoms with Gasteiger partial charge in [-0.25, -0.2) is 19.6 Å². The van der Waals surface area contributed by atoms with Crippen molar-refractivity contribution in [1.82, 2.24) is 24.7 Å². The molecule has 27 heavy (non-hydrogen) atoms. The molecule has 0 aliphatic carbocycles. The van der Waals surface area contributed by atoms with Gasteiger partial charge in [-0.05, 0) is 31.2 Å². The second-order valence-corrected chi connectivity index (χ2v) is 7.75. The van der Waals surface area contributed by atoms with Crippen LogP contribution in [0.5, 0.6) is 0 Å². The van der Waals surface area contributed by atoms with Crippen molar-refractivity contribution in [2.24, 2.45) is 0 Å². The largest absolute Gasteiger partial charge is 0.298 e. The molecule has 134 valence electrons. The van der Waals surface area contributed by atoms with Gasteiger partial charge in [-0.3, -0.25) is 10.1 Å². The fraction of sp³-hybridized carbons (Fsp3) is 0.0556. The standard InChI is InChI=1S/C18H13BrN6OS/c1-11-16(12-2-5-14(19)6-3-12)23-18(27-11)24-17(26)13-4-7-15(21-8-13)25-10-20-9-22-25/h2-10H,1H3,(H,23,24,26). The fourth-order valence-electron chi connectivity index (χ4n) is 2.48. The van der Waals surface area contributed by atoms with E-state index in [4.69, 9.17) is 0 Å². The minimum Gasteiger partial charge on any atom is -0.298 e. The Morgan fingerprint density at radius 2 is 2.00 bits per heavy atom. The van der Waals surface area contributed by atoms with Crippen molar-refractivity contribution in [3.63, 3.8) is 0 Å². The quantitative estimate of drug-likeness (QED) is 0.515. The molecule has 7 nitrogen and oxygen atoms in total. The molecule has 3 heterocycles. The number of thiazole rings is 1. The third kappa shape index (κ3) is 3.79. The van der Waals surface area contributed by atoms with Crippen LogP contribution < -0.4 is 5.32 Å². The number of pyridine rings is 1. The second-order valence-electron chi connectivity index (χ2n) is 5.63. The van der Waals surface area contributed by atoms with Crippen molar-refractivity contribution in [2.45, 2.75) is 6.92 Å². The average molecular weight is 441 g/mol. The van der Waals surface area contributed by atoms with Crippen LogP contribution in [0.15, 0.2) is 59.7 Å². The molecule has 4 rings (SSSR count). The Morgan fingerprint density at radius 1 is 1.19 bits per heavy atom. The van der Waals surface area contributed by atoms with Gasteiger partial charge in [0.1, 0.15) is 12.7 Å². The minimum atomic E-state index is -0.260. The van der Waals surface area contributed by atoms with E-state index in [9.17, 15) is 4.79 Å². The Morgan fingerprint density at radius 3 is 2.67 bits per heavy atom. The molecular formula is C18H13BrN6OS. The maximum Gasteiger partial charge on any atom is 0.259 e. The van der Waals surface area contributed by atoms with E-state index in [1.807, 2.05) is 31.2 Å². The molecule has 0 spiro atoms. The summed E-state index contributed by atoms with van der Waals surface area (Å²) in [5.74, 6) is 0.329. The van der Waals surface area contributed by atoms with Crippen LogP contribution in [0.2, 0.25) is 0 Å². The van der Waals surface area contributed by atoms with Crippen LogP contribution in [0, 0.1) is 6.92 Å². The van der Waals surface area contributed by atoms with Gasteiger partial charge in [0.05, 0.1) is 11.3 Å². The SMILES string of the molecule is Cc1sc(NC(=O)c2ccc(-n3cncn3)nc2)nc1-c1ccc(Br)cc1. The zero-order valence-corrected chi connectivity index (χ0v) is 16.5. The van der Waals surface area contributed by atoms with E-state index in [0.29, 0.717) is 16.5 Å². The number of amides is 1. The molecule has 4 aromatic rings. The zero-order chi connectivity index (χ0) is 18.8. The molecular weight excluding hydrogens is 428 g/mol. The monoisotopic (exact) mass is 440 g/mol. The summed E-state index contributed by atoms with van der Waals surface area (Å²) in [7, 11) is 0. The number of aromatic nitrogens is 5. The van der Waals surface area contributed by atoms with Gasteiger partial charge in [-0.15, -0.1) is 11.3 Å². The van der Waals surface area contributed by atoms with Gasteiger partial charge in [-0.2, -0.15) is 5.10 Å². The molecule has 3 aromatic heterocycles. The number of carbonyl (C=O) groups is 1. The summed E-state index contributed by atoms with van der Waals surface area (Å²) in [6.07, 6.45) is 4.47. The Hall–Kier alpha value is -2.91. The van der Waals surface area contributed by atoms with E-state index in [1.54, 1.807) is 18.5 Å². The molecule has 0 fully saturated rings. The first-order chi connectivity index (χ1) is 13.1. The smallest absolute Gasteiger partial charge is 0.259 e. The number of anilines is 1. The van der Waals surface area contributed by atoms with Gasteiger partial charge < -0.3 is 0 Å². The number of halogens is 1. The summed E-state index contributed by atoms with van der Waals surface area (Å²) >= 11 is 4.87. The summed E-state index contributed by atoms with van der Waals surface area (Å²) < 4.78 is 2.53. The van der Waals surface area contributed by atoms with E-state index in [-0.39, 0.29) is 5.91 Å². The topological polar surface area (TPSA) is 85.6 Å². The first kappa shape index (κ1) is 17.5. The van der Waals surface area contributed by atoms with Gasteiger partial charge in [0.2, 0.25) is 0 Å². The summed E-state index contributed by atoms with van der Waals surface area (Å²) in [6, 6.07) is 11.3. The molecule has 0 aliphatic heterocycles. The normalized spacial score (nSPS) is 10.7. The van der Waals surface area contributed by atoms with Gasteiger partial charge in [0.15, 0.2) is 10.9 Å².